The molecule has 0 heterocycles. The van der Waals surface area contributed by atoms with Gasteiger partial charge in [0.2, 0.25) is 0 Å². The van der Waals surface area contributed by atoms with Crippen LogP contribution in [0.4, 0.5) is 0 Å². The molecule has 0 amide bonds. The van der Waals surface area contributed by atoms with Crippen molar-refractivity contribution in [1.82, 2.24) is 0 Å². The summed E-state index contributed by atoms with van der Waals surface area (Å²) in [4.78, 5) is 0. The zero-order valence-corrected chi connectivity index (χ0v) is 21.2. The fourth-order valence-electron chi connectivity index (χ4n) is 2.79. The first-order valence-corrected chi connectivity index (χ1v) is 12.5. The lowest BCUT2D eigenvalue weighted by Gasteiger charge is -2.15. The Bertz CT molecular complexity index is 170. The largest absolute Gasteiger partial charge is 0.0683 e. The first-order valence-electron chi connectivity index (χ1n) is 12.5. The molecule has 0 spiro atoms. The molecule has 0 radical (unpaired) electrons. The van der Waals surface area contributed by atoms with Crippen LogP contribution in [0.5, 0.6) is 0 Å². The second-order valence-corrected chi connectivity index (χ2v) is 7.49. The van der Waals surface area contributed by atoms with Crippen LogP contribution in [-0.4, -0.2) is 0 Å². The van der Waals surface area contributed by atoms with Gasteiger partial charge in [-0.3, -0.25) is 0 Å². The Balaban J connectivity index is -0.000000129. The zero-order chi connectivity index (χ0) is 21.2. The van der Waals surface area contributed by atoms with Gasteiger partial charge >= 0.3 is 0 Å². The molecule has 0 nitrogen and oxygen atoms in total. The van der Waals surface area contributed by atoms with Gasteiger partial charge in [-0.2, -0.15) is 0 Å². The summed E-state index contributed by atoms with van der Waals surface area (Å²) < 4.78 is 0. The Hall–Kier alpha value is 0. The van der Waals surface area contributed by atoms with E-state index in [-0.39, 0.29) is 0 Å². The molecule has 0 unspecified atom stereocenters. The Morgan fingerprint density at radius 1 is 0.692 bits per heavy atom. The van der Waals surface area contributed by atoms with Crippen LogP contribution >= 0.6 is 0 Å². The second-order valence-electron chi connectivity index (χ2n) is 7.49. The fraction of sp³-hybridized carbons (Fsp3) is 1.00. The standard InChI is InChI=1S/C9H20.C7H14.C6H14.2C2H6/c1-4-7-8-9(5-2)6-3;1-7-5-3-2-4-6-7;1-4-6(3)5-2;2*1-2/h9H,4-8H2,1-3H3;7H,2-6H2,1H3;6H,4-5H2,1-3H3;2*1-2H3. The molecule has 1 aliphatic rings. The van der Waals surface area contributed by atoms with E-state index in [0.717, 1.165) is 17.8 Å². The van der Waals surface area contributed by atoms with E-state index < -0.39 is 0 Å². The van der Waals surface area contributed by atoms with E-state index in [4.69, 9.17) is 0 Å². The van der Waals surface area contributed by atoms with Gasteiger partial charge in [-0.25, -0.2) is 0 Å². The summed E-state index contributed by atoms with van der Waals surface area (Å²) in [6, 6.07) is 0. The fourth-order valence-corrected chi connectivity index (χ4v) is 2.79. The first-order chi connectivity index (χ1) is 12.5. The minimum atomic E-state index is 0.935. The van der Waals surface area contributed by atoms with Crippen molar-refractivity contribution in [2.45, 2.75) is 153 Å². The van der Waals surface area contributed by atoms with Gasteiger partial charge in [-0.1, -0.05) is 153 Å². The quantitative estimate of drug-likeness (QED) is 0.416. The summed E-state index contributed by atoms with van der Waals surface area (Å²) in [6.07, 6.45) is 17.1. The molecule has 26 heavy (non-hydrogen) atoms. The first kappa shape index (κ1) is 33.6. The third-order valence-electron chi connectivity index (χ3n) is 5.41. The molecule has 1 fully saturated rings. The van der Waals surface area contributed by atoms with Gasteiger partial charge in [0.25, 0.3) is 0 Å². The third kappa shape index (κ3) is 31.7. The lowest BCUT2D eigenvalue weighted by atomic mass is 9.91. The highest BCUT2D eigenvalue weighted by Crippen LogP contribution is 2.22. The SMILES string of the molecule is CC.CC.CC1CCCCC1.CCC(C)CC.CCCCC(CC)CC. The van der Waals surface area contributed by atoms with Gasteiger partial charge in [0.1, 0.15) is 0 Å². The van der Waals surface area contributed by atoms with Gasteiger partial charge in [0, 0.05) is 0 Å². The van der Waals surface area contributed by atoms with Crippen molar-refractivity contribution in [3.05, 3.63) is 0 Å². The van der Waals surface area contributed by atoms with E-state index in [1.807, 2.05) is 27.7 Å². The minimum absolute atomic E-state index is 0.935. The molecule has 0 heteroatoms. The van der Waals surface area contributed by atoms with E-state index in [0.29, 0.717) is 0 Å². The highest BCUT2D eigenvalue weighted by molar-refractivity contribution is 4.59. The monoisotopic (exact) mass is 372 g/mol. The van der Waals surface area contributed by atoms with Crippen molar-refractivity contribution in [2.75, 3.05) is 0 Å². The topological polar surface area (TPSA) is 0 Å². The van der Waals surface area contributed by atoms with Crippen molar-refractivity contribution >= 4 is 0 Å². The molecule has 164 valence electrons. The van der Waals surface area contributed by atoms with Crippen molar-refractivity contribution in [3.8, 4) is 0 Å². The van der Waals surface area contributed by atoms with Gasteiger partial charge in [-0.05, 0) is 17.8 Å². The molecule has 0 bridgehead atoms. The summed E-state index contributed by atoms with van der Waals surface area (Å²) in [6.45, 7) is 24.0. The molecule has 0 N–H and O–H groups in total. The van der Waals surface area contributed by atoms with Gasteiger partial charge in [0.05, 0.1) is 0 Å². The lowest BCUT2D eigenvalue weighted by Crippen LogP contribution is -1.99. The Morgan fingerprint density at radius 3 is 1.31 bits per heavy atom. The van der Waals surface area contributed by atoms with Crippen LogP contribution < -0.4 is 0 Å². The van der Waals surface area contributed by atoms with E-state index in [1.165, 1.54) is 77.0 Å². The highest BCUT2D eigenvalue weighted by Gasteiger charge is 2.06. The van der Waals surface area contributed by atoms with Crippen LogP contribution in [0.25, 0.3) is 0 Å². The Labute approximate surface area is 171 Å². The molecular formula is C26H60. The average molecular weight is 373 g/mol. The highest BCUT2D eigenvalue weighted by atomic mass is 14.1. The van der Waals surface area contributed by atoms with E-state index in [2.05, 4.69) is 48.5 Å². The summed E-state index contributed by atoms with van der Waals surface area (Å²) in [5, 5.41) is 0. The van der Waals surface area contributed by atoms with Crippen LogP contribution in [0.1, 0.15) is 153 Å². The predicted molar refractivity (Wildman–Crippen MR) is 128 cm³/mol. The van der Waals surface area contributed by atoms with E-state index >= 15 is 0 Å². The maximum atomic E-state index is 2.36. The van der Waals surface area contributed by atoms with E-state index in [1.54, 1.807) is 0 Å². The minimum Gasteiger partial charge on any atom is -0.0683 e. The number of hydrogen-bond donors (Lipinski definition) is 0. The molecule has 1 aliphatic carbocycles. The predicted octanol–water partition coefficient (Wildman–Crippen LogP) is 10.7. The number of unbranched alkanes of at least 4 members (excludes halogenated alkanes) is 1. The Kier molecular flexibility index (Phi) is 42.2. The lowest BCUT2D eigenvalue weighted by molar-refractivity contribution is 0.385. The Morgan fingerprint density at radius 2 is 1.12 bits per heavy atom. The molecule has 1 saturated carbocycles. The average Bonchev–Trinajstić information content (AvgIpc) is 2.72. The van der Waals surface area contributed by atoms with Crippen LogP contribution in [-0.2, 0) is 0 Å². The molecule has 0 saturated heterocycles. The van der Waals surface area contributed by atoms with Gasteiger partial charge < -0.3 is 0 Å². The van der Waals surface area contributed by atoms with Gasteiger partial charge in [-0.15, -0.1) is 0 Å². The van der Waals surface area contributed by atoms with E-state index in [9.17, 15) is 0 Å². The van der Waals surface area contributed by atoms with Crippen LogP contribution in [0, 0.1) is 17.8 Å². The van der Waals surface area contributed by atoms with Crippen LogP contribution in [0.2, 0.25) is 0 Å². The molecule has 1 rings (SSSR count). The van der Waals surface area contributed by atoms with Crippen molar-refractivity contribution in [3.63, 3.8) is 0 Å². The summed E-state index contributed by atoms with van der Waals surface area (Å²) in [5.41, 5.74) is 0. The summed E-state index contributed by atoms with van der Waals surface area (Å²) in [7, 11) is 0. The molecule has 0 aliphatic heterocycles. The molecular weight excluding hydrogens is 312 g/mol. The number of rotatable bonds is 7. The normalized spacial score (nSPS) is 13.3. The summed E-state index contributed by atoms with van der Waals surface area (Å²) in [5.74, 6) is 2.98. The molecule has 0 atom stereocenters. The van der Waals surface area contributed by atoms with Crippen molar-refractivity contribution in [1.29, 1.82) is 0 Å². The number of hydrogen-bond acceptors (Lipinski definition) is 0. The molecule has 0 aromatic heterocycles. The summed E-state index contributed by atoms with van der Waals surface area (Å²) >= 11 is 0. The zero-order valence-electron chi connectivity index (χ0n) is 21.2. The van der Waals surface area contributed by atoms with Gasteiger partial charge in [0.15, 0.2) is 0 Å². The smallest absolute Gasteiger partial charge is 0.0420 e. The maximum Gasteiger partial charge on any atom is -0.0420 e. The second kappa shape index (κ2) is 32.7. The van der Waals surface area contributed by atoms with Crippen molar-refractivity contribution < 1.29 is 0 Å². The van der Waals surface area contributed by atoms with Crippen LogP contribution in [0.3, 0.4) is 0 Å². The molecule has 0 aromatic rings. The third-order valence-corrected chi connectivity index (χ3v) is 5.41. The van der Waals surface area contributed by atoms with Crippen molar-refractivity contribution in [2.24, 2.45) is 17.8 Å². The van der Waals surface area contributed by atoms with Crippen LogP contribution in [0.15, 0.2) is 0 Å². The molecule has 0 aromatic carbocycles. The maximum absolute atomic E-state index is 2.36.